The minimum atomic E-state index is 0.490. The molecule has 0 fully saturated rings. The van der Waals surface area contributed by atoms with E-state index < -0.39 is 0 Å². The second-order valence-electron chi connectivity index (χ2n) is 6.83. The van der Waals surface area contributed by atoms with Gasteiger partial charge in [0, 0.05) is 11.8 Å². The summed E-state index contributed by atoms with van der Waals surface area (Å²) in [5.74, 6) is 0.490. The number of allylic oxidation sites excluding steroid dienone is 1. The molecule has 1 nitrogen and oxygen atoms in total. The number of aryl methyl sites for hydroxylation is 1. The van der Waals surface area contributed by atoms with Gasteiger partial charge in [-0.15, -0.1) is 0 Å². The Morgan fingerprint density at radius 3 is 2.31 bits per heavy atom. The van der Waals surface area contributed by atoms with Crippen LogP contribution in [0.5, 0.6) is 0 Å². The summed E-state index contributed by atoms with van der Waals surface area (Å²) >= 11 is 0. The fraction of sp³-hybridized carbons (Fsp3) is 0.240. The molecule has 0 N–H and O–H groups in total. The third-order valence-electron chi connectivity index (χ3n) is 5.24. The zero-order valence-electron chi connectivity index (χ0n) is 16.0. The lowest BCUT2D eigenvalue weighted by molar-refractivity contribution is 0.625. The second kappa shape index (κ2) is 8.14. The van der Waals surface area contributed by atoms with Crippen LogP contribution in [0.2, 0.25) is 0 Å². The predicted octanol–water partition coefficient (Wildman–Crippen LogP) is 7.17. The Balaban J connectivity index is 2.17. The number of aromatic nitrogens is 1. The van der Waals surface area contributed by atoms with E-state index in [0.717, 1.165) is 18.5 Å². The van der Waals surface area contributed by atoms with E-state index in [2.05, 4.69) is 80.9 Å². The van der Waals surface area contributed by atoms with Gasteiger partial charge in [-0.25, -0.2) is 0 Å². The van der Waals surface area contributed by atoms with E-state index in [4.69, 9.17) is 0 Å². The molecule has 0 aliphatic rings. The van der Waals surface area contributed by atoms with Crippen LogP contribution in [0.15, 0.2) is 73.4 Å². The molecular weight excluding hydrogens is 314 g/mol. The molecular formula is C25H27N. The molecule has 0 radical (unpaired) electrons. The zero-order valence-corrected chi connectivity index (χ0v) is 16.0. The number of hydrogen-bond acceptors (Lipinski definition) is 1. The lowest BCUT2D eigenvalue weighted by atomic mass is 9.84. The molecule has 0 aliphatic heterocycles. The van der Waals surface area contributed by atoms with E-state index in [9.17, 15) is 0 Å². The highest BCUT2D eigenvalue weighted by molar-refractivity contribution is 5.84. The van der Waals surface area contributed by atoms with Gasteiger partial charge in [0.25, 0.3) is 0 Å². The lowest BCUT2D eigenvalue weighted by Crippen LogP contribution is -2.02. The van der Waals surface area contributed by atoms with Crippen LogP contribution in [0, 0.1) is 12.8 Å². The van der Waals surface area contributed by atoms with Gasteiger partial charge in [-0.05, 0) is 71.7 Å². The average molecular weight is 341 g/mol. The van der Waals surface area contributed by atoms with Gasteiger partial charge in [-0.2, -0.15) is 0 Å². The number of nitrogens with zero attached hydrogens (tertiary/aromatic N) is 1. The molecule has 0 unspecified atom stereocenters. The van der Waals surface area contributed by atoms with Crippen molar-refractivity contribution in [3.8, 4) is 22.4 Å². The van der Waals surface area contributed by atoms with E-state index in [0.29, 0.717) is 5.92 Å². The molecule has 26 heavy (non-hydrogen) atoms. The van der Waals surface area contributed by atoms with E-state index in [1.165, 1.54) is 33.4 Å². The Morgan fingerprint density at radius 1 is 0.923 bits per heavy atom. The average Bonchev–Trinajstić information content (AvgIpc) is 2.69. The molecule has 1 aromatic heterocycles. The summed E-state index contributed by atoms with van der Waals surface area (Å²) in [6.45, 7) is 11.1. The smallest absolute Gasteiger partial charge is 0.0708 e. The van der Waals surface area contributed by atoms with Crippen molar-refractivity contribution in [1.82, 2.24) is 4.98 Å². The Morgan fingerprint density at radius 2 is 1.65 bits per heavy atom. The molecule has 3 rings (SSSR count). The third-order valence-corrected chi connectivity index (χ3v) is 5.24. The summed E-state index contributed by atoms with van der Waals surface area (Å²) in [4.78, 5) is 4.58. The fourth-order valence-corrected chi connectivity index (χ4v) is 3.62. The molecule has 0 amide bonds. The first-order valence-corrected chi connectivity index (χ1v) is 9.46. The van der Waals surface area contributed by atoms with Crippen molar-refractivity contribution in [2.75, 3.05) is 0 Å². The van der Waals surface area contributed by atoms with Crippen molar-refractivity contribution in [2.24, 2.45) is 5.92 Å². The highest BCUT2D eigenvalue weighted by Gasteiger charge is 2.16. The number of rotatable bonds is 6. The second-order valence-corrected chi connectivity index (χ2v) is 6.83. The molecule has 2 aromatic carbocycles. The minimum Gasteiger partial charge on any atom is -0.256 e. The van der Waals surface area contributed by atoms with Crippen LogP contribution in [-0.4, -0.2) is 4.98 Å². The van der Waals surface area contributed by atoms with Gasteiger partial charge in [0.1, 0.15) is 0 Å². The summed E-state index contributed by atoms with van der Waals surface area (Å²) < 4.78 is 0. The van der Waals surface area contributed by atoms with Gasteiger partial charge < -0.3 is 0 Å². The molecule has 132 valence electrons. The number of hydrogen-bond donors (Lipinski definition) is 0. The Bertz CT molecular complexity index is 889. The summed E-state index contributed by atoms with van der Waals surface area (Å²) in [6, 6.07) is 21.3. The third kappa shape index (κ3) is 3.62. The van der Waals surface area contributed by atoms with E-state index in [1.807, 2.05) is 18.3 Å². The van der Waals surface area contributed by atoms with Crippen molar-refractivity contribution >= 4 is 5.57 Å². The van der Waals surface area contributed by atoms with Crippen LogP contribution in [-0.2, 0) is 0 Å². The highest BCUT2D eigenvalue weighted by Crippen LogP contribution is 2.37. The van der Waals surface area contributed by atoms with Gasteiger partial charge in [-0.1, -0.05) is 62.9 Å². The van der Waals surface area contributed by atoms with Crippen LogP contribution in [0.4, 0.5) is 0 Å². The van der Waals surface area contributed by atoms with Crippen LogP contribution in [0.25, 0.3) is 28.0 Å². The van der Waals surface area contributed by atoms with Gasteiger partial charge in [0.15, 0.2) is 0 Å². The summed E-state index contributed by atoms with van der Waals surface area (Å²) in [5, 5.41) is 0. The first-order chi connectivity index (χ1) is 12.7. The molecule has 0 spiro atoms. The summed E-state index contributed by atoms with van der Waals surface area (Å²) in [6.07, 6.45) is 4.06. The maximum atomic E-state index is 4.58. The summed E-state index contributed by atoms with van der Waals surface area (Å²) in [7, 11) is 0. The van der Waals surface area contributed by atoms with Crippen molar-refractivity contribution in [1.29, 1.82) is 0 Å². The quantitative estimate of drug-likeness (QED) is 0.463. The lowest BCUT2D eigenvalue weighted by Gasteiger charge is -2.20. The van der Waals surface area contributed by atoms with Gasteiger partial charge in [0.05, 0.1) is 5.69 Å². The maximum absolute atomic E-state index is 4.58. The minimum absolute atomic E-state index is 0.490. The Labute approximate surface area is 157 Å². The SMILES string of the molecule is C=C(c1cc(-c2ccccc2C)ccc1-c1ccccn1)C(CC)CC. The van der Waals surface area contributed by atoms with Gasteiger partial charge in [0.2, 0.25) is 0 Å². The monoisotopic (exact) mass is 341 g/mol. The molecule has 0 saturated carbocycles. The van der Waals surface area contributed by atoms with E-state index in [1.54, 1.807) is 0 Å². The van der Waals surface area contributed by atoms with Crippen LogP contribution >= 0.6 is 0 Å². The maximum Gasteiger partial charge on any atom is 0.0708 e. The molecule has 3 aromatic rings. The number of pyridine rings is 1. The Kier molecular flexibility index (Phi) is 5.68. The standard InChI is InChI=1S/C25H27N/c1-5-20(6-2)19(4)24-17-21(22-12-8-7-11-18(22)3)14-15-23(24)25-13-9-10-16-26-25/h7-17,20H,4-6H2,1-3H3. The Hall–Kier alpha value is -2.67. The largest absolute Gasteiger partial charge is 0.256 e. The first kappa shape index (κ1) is 18.1. The van der Waals surface area contributed by atoms with E-state index in [-0.39, 0.29) is 0 Å². The van der Waals surface area contributed by atoms with Crippen molar-refractivity contribution in [3.63, 3.8) is 0 Å². The highest BCUT2D eigenvalue weighted by atomic mass is 14.7. The molecule has 0 atom stereocenters. The van der Waals surface area contributed by atoms with Gasteiger partial charge in [-0.3, -0.25) is 4.98 Å². The molecule has 0 bridgehead atoms. The molecule has 0 aliphatic carbocycles. The van der Waals surface area contributed by atoms with Crippen molar-refractivity contribution in [3.05, 3.63) is 84.6 Å². The van der Waals surface area contributed by atoms with Crippen LogP contribution in [0.3, 0.4) is 0 Å². The molecule has 1 heterocycles. The van der Waals surface area contributed by atoms with Crippen molar-refractivity contribution < 1.29 is 0 Å². The molecule has 0 saturated heterocycles. The van der Waals surface area contributed by atoms with Crippen molar-refractivity contribution in [2.45, 2.75) is 33.6 Å². The first-order valence-electron chi connectivity index (χ1n) is 9.46. The summed E-state index contributed by atoms with van der Waals surface area (Å²) in [5.41, 5.74) is 8.41. The number of benzene rings is 2. The zero-order chi connectivity index (χ0) is 18.5. The van der Waals surface area contributed by atoms with E-state index >= 15 is 0 Å². The van der Waals surface area contributed by atoms with Gasteiger partial charge >= 0.3 is 0 Å². The predicted molar refractivity (Wildman–Crippen MR) is 113 cm³/mol. The molecule has 1 heteroatoms. The van der Waals surface area contributed by atoms with Crippen LogP contribution < -0.4 is 0 Å². The van der Waals surface area contributed by atoms with Crippen LogP contribution in [0.1, 0.15) is 37.8 Å². The fourth-order valence-electron chi connectivity index (χ4n) is 3.62. The topological polar surface area (TPSA) is 12.9 Å². The normalized spacial score (nSPS) is 10.9.